The lowest BCUT2D eigenvalue weighted by Crippen LogP contribution is -2.12. The lowest BCUT2D eigenvalue weighted by atomic mass is 9.96. The third kappa shape index (κ3) is 13.0. The predicted molar refractivity (Wildman–Crippen MR) is 108 cm³/mol. The van der Waals surface area contributed by atoms with Gasteiger partial charge in [0.15, 0.2) is 0 Å². The van der Waals surface area contributed by atoms with E-state index in [9.17, 15) is 19.8 Å². The molecule has 0 aliphatic carbocycles. The molecular weight excluding hydrogens is 328 g/mol. The van der Waals surface area contributed by atoms with Gasteiger partial charge in [-0.3, -0.25) is 0 Å². The molecule has 4 heteroatoms. The SMILES string of the molecule is CCCCCCCCCCC(C(=O)O)=C(CCCCCCCC)C(=O)O. The molecule has 152 valence electrons. The standard InChI is InChI=1S/C22H40O4/c1-3-5-7-9-11-12-14-16-18-20(22(25)26)19(21(23)24)17-15-13-10-8-6-4-2/h3-18H2,1-2H3,(H,23,24)(H,25,26). The van der Waals surface area contributed by atoms with Crippen LogP contribution in [0.4, 0.5) is 0 Å². The van der Waals surface area contributed by atoms with E-state index in [1.54, 1.807) is 0 Å². The van der Waals surface area contributed by atoms with Crippen molar-refractivity contribution in [1.29, 1.82) is 0 Å². The number of rotatable bonds is 18. The lowest BCUT2D eigenvalue weighted by molar-refractivity contribution is -0.136. The summed E-state index contributed by atoms with van der Waals surface area (Å²) >= 11 is 0. The van der Waals surface area contributed by atoms with Gasteiger partial charge >= 0.3 is 11.9 Å². The fraction of sp³-hybridized carbons (Fsp3) is 0.818. The molecule has 0 bridgehead atoms. The van der Waals surface area contributed by atoms with Crippen LogP contribution in [0.1, 0.15) is 117 Å². The number of unbranched alkanes of at least 4 members (excludes halogenated alkanes) is 12. The Balaban J connectivity index is 4.32. The third-order valence-electron chi connectivity index (χ3n) is 4.94. The van der Waals surface area contributed by atoms with Crippen molar-refractivity contribution in [3.05, 3.63) is 11.1 Å². The molecule has 0 aliphatic heterocycles. The molecule has 4 nitrogen and oxygen atoms in total. The molecule has 0 aromatic carbocycles. The van der Waals surface area contributed by atoms with Crippen molar-refractivity contribution in [2.75, 3.05) is 0 Å². The molecule has 0 aliphatic rings. The largest absolute Gasteiger partial charge is 0.478 e. The Morgan fingerprint density at radius 2 is 0.769 bits per heavy atom. The van der Waals surface area contributed by atoms with Crippen LogP contribution in [-0.4, -0.2) is 22.2 Å². The van der Waals surface area contributed by atoms with Gasteiger partial charge in [0.1, 0.15) is 0 Å². The normalized spacial score (nSPS) is 12.1. The van der Waals surface area contributed by atoms with E-state index in [2.05, 4.69) is 13.8 Å². The summed E-state index contributed by atoms with van der Waals surface area (Å²) in [6.45, 7) is 4.36. The Bertz CT molecular complexity index is 412. The Kier molecular flexibility index (Phi) is 16.2. The van der Waals surface area contributed by atoms with Crippen molar-refractivity contribution in [2.45, 2.75) is 117 Å². The summed E-state index contributed by atoms with van der Waals surface area (Å²) in [6.07, 6.45) is 16.2. The van der Waals surface area contributed by atoms with Crippen LogP contribution in [0.25, 0.3) is 0 Å². The molecule has 0 saturated carbocycles. The minimum Gasteiger partial charge on any atom is -0.478 e. The van der Waals surface area contributed by atoms with Crippen molar-refractivity contribution < 1.29 is 19.8 Å². The number of carboxylic acids is 2. The predicted octanol–water partition coefficient (Wildman–Crippen LogP) is 6.73. The van der Waals surface area contributed by atoms with E-state index in [1.165, 1.54) is 51.4 Å². The number of aliphatic carboxylic acids is 2. The number of carbonyl (C=O) groups is 2. The van der Waals surface area contributed by atoms with E-state index >= 15 is 0 Å². The Morgan fingerprint density at radius 3 is 1.04 bits per heavy atom. The molecule has 0 aromatic rings. The second kappa shape index (κ2) is 17.1. The van der Waals surface area contributed by atoms with E-state index in [-0.39, 0.29) is 11.1 Å². The molecule has 2 N–H and O–H groups in total. The van der Waals surface area contributed by atoms with Gasteiger partial charge in [-0.1, -0.05) is 90.9 Å². The van der Waals surface area contributed by atoms with E-state index in [1.807, 2.05) is 0 Å². The van der Waals surface area contributed by atoms with Crippen LogP contribution in [0.15, 0.2) is 11.1 Å². The Morgan fingerprint density at radius 1 is 0.500 bits per heavy atom. The summed E-state index contributed by atoms with van der Waals surface area (Å²) in [5.41, 5.74) is 0.243. The van der Waals surface area contributed by atoms with Crippen LogP contribution in [-0.2, 0) is 9.59 Å². The average Bonchev–Trinajstić information content (AvgIpc) is 2.60. The van der Waals surface area contributed by atoms with Gasteiger partial charge < -0.3 is 10.2 Å². The van der Waals surface area contributed by atoms with Crippen LogP contribution >= 0.6 is 0 Å². The molecule has 0 rings (SSSR count). The molecule has 26 heavy (non-hydrogen) atoms. The summed E-state index contributed by atoms with van der Waals surface area (Å²) < 4.78 is 0. The molecule has 0 amide bonds. The maximum absolute atomic E-state index is 11.5. The van der Waals surface area contributed by atoms with Crippen molar-refractivity contribution >= 4 is 11.9 Å². The molecule has 0 spiro atoms. The quantitative estimate of drug-likeness (QED) is 0.208. The van der Waals surface area contributed by atoms with E-state index in [0.29, 0.717) is 12.8 Å². The topological polar surface area (TPSA) is 74.6 Å². The highest BCUT2D eigenvalue weighted by Gasteiger charge is 2.19. The lowest BCUT2D eigenvalue weighted by Gasteiger charge is -2.09. The zero-order valence-electron chi connectivity index (χ0n) is 17.0. The second-order valence-corrected chi connectivity index (χ2v) is 7.31. The first-order chi connectivity index (χ1) is 12.5. The maximum atomic E-state index is 11.5. The Labute approximate surface area is 160 Å². The van der Waals surface area contributed by atoms with Gasteiger partial charge in [-0.25, -0.2) is 9.59 Å². The van der Waals surface area contributed by atoms with Gasteiger partial charge in [0.25, 0.3) is 0 Å². The molecule has 0 heterocycles. The minimum absolute atomic E-state index is 0.121. The molecular formula is C22H40O4. The zero-order chi connectivity index (χ0) is 19.6. The minimum atomic E-state index is -1.06. The summed E-state index contributed by atoms with van der Waals surface area (Å²) in [6, 6.07) is 0. The van der Waals surface area contributed by atoms with E-state index < -0.39 is 11.9 Å². The molecule has 0 fully saturated rings. The summed E-state index contributed by atoms with van der Waals surface area (Å²) in [7, 11) is 0. The highest BCUT2D eigenvalue weighted by atomic mass is 16.4. The van der Waals surface area contributed by atoms with Crippen molar-refractivity contribution in [2.24, 2.45) is 0 Å². The highest BCUT2D eigenvalue weighted by Crippen LogP contribution is 2.21. The zero-order valence-corrected chi connectivity index (χ0v) is 17.0. The highest BCUT2D eigenvalue weighted by molar-refractivity contribution is 5.98. The molecule has 0 atom stereocenters. The van der Waals surface area contributed by atoms with Crippen molar-refractivity contribution in [1.82, 2.24) is 0 Å². The van der Waals surface area contributed by atoms with Gasteiger partial charge in [0.05, 0.1) is 0 Å². The van der Waals surface area contributed by atoms with Gasteiger partial charge in [-0.15, -0.1) is 0 Å². The first kappa shape index (κ1) is 24.7. The summed E-state index contributed by atoms with van der Waals surface area (Å²) in [4.78, 5) is 23.1. The van der Waals surface area contributed by atoms with Crippen molar-refractivity contribution in [3.8, 4) is 0 Å². The molecule has 0 aromatic heterocycles. The fourth-order valence-corrected chi connectivity index (χ4v) is 3.29. The molecule has 0 radical (unpaired) electrons. The monoisotopic (exact) mass is 368 g/mol. The fourth-order valence-electron chi connectivity index (χ4n) is 3.29. The number of hydrogen-bond donors (Lipinski definition) is 2. The summed E-state index contributed by atoms with van der Waals surface area (Å²) in [5, 5.41) is 18.9. The number of hydrogen-bond acceptors (Lipinski definition) is 2. The van der Waals surface area contributed by atoms with E-state index in [4.69, 9.17) is 0 Å². The third-order valence-corrected chi connectivity index (χ3v) is 4.94. The Hall–Kier alpha value is -1.32. The van der Waals surface area contributed by atoms with Crippen LogP contribution < -0.4 is 0 Å². The van der Waals surface area contributed by atoms with Crippen molar-refractivity contribution in [3.63, 3.8) is 0 Å². The molecule has 0 unspecified atom stereocenters. The van der Waals surface area contributed by atoms with Gasteiger partial charge in [-0.05, 0) is 25.7 Å². The van der Waals surface area contributed by atoms with Crippen LogP contribution in [0.5, 0.6) is 0 Å². The van der Waals surface area contributed by atoms with Crippen LogP contribution in [0.2, 0.25) is 0 Å². The average molecular weight is 369 g/mol. The van der Waals surface area contributed by atoms with Crippen LogP contribution in [0, 0.1) is 0 Å². The van der Waals surface area contributed by atoms with Gasteiger partial charge in [0, 0.05) is 11.1 Å². The number of carboxylic acid groups (broad SMARTS) is 2. The van der Waals surface area contributed by atoms with Gasteiger partial charge in [0.2, 0.25) is 0 Å². The first-order valence-corrected chi connectivity index (χ1v) is 10.7. The second-order valence-electron chi connectivity index (χ2n) is 7.31. The van der Waals surface area contributed by atoms with Gasteiger partial charge in [-0.2, -0.15) is 0 Å². The van der Waals surface area contributed by atoms with Crippen LogP contribution in [0.3, 0.4) is 0 Å². The maximum Gasteiger partial charge on any atom is 0.332 e. The molecule has 0 saturated heterocycles. The smallest absolute Gasteiger partial charge is 0.332 e. The summed E-state index contributed by atoms with van der Waals surface area (Å²) in [5.74, 6) is -2.12. The first-order valence-electron chi connectivity index (χ1n) is 10.7. The van der Waals surface area contributed by atoms with E-state index in [0.717, 1.165) is 38.5 Å².